The van der Waals surface area contributed by atoms with Crippen LogP contribution >= 0.6 is 0 Å². The van der Waals surface area contributed by atoms with Crippen molar-refractivity contribution in [2.45, 2.75) is 39.5 Å². The van der Waals surface area contributed by atoms with Crippen molar-refractivity contribution in [1.82, 2.24) is 20.4 Å². The summed E-state index contributed by atoms with van der Waals surface area (Å²) >= 11 is 0. The highest BCUT2D eigenvalue weighted by molar-refractivity contribution is 5.85. The number of nitrogens with one attached hydrogen (secondary N) is 2. The summed E-state index contributed by atoms with van der Waals surface area (Å²) in [6.45, 7) is 4.28. The number of hydrogen-bond donors (Lipinski definition) is 2. The maximum Gasteiger partial charge on any atom is 0.408 e. The smallest absolute Gasteiger partial charge is 0.408 e. The minimum atomic E-state index is -0.707. The van der Waals surface area contributed by atoms with Crippen LogP contribution in [0.5, 0.6) is 5.75 Å². The molecule has 0 saturated heterocycles. The molecule has 8 nitrogen and oxygen atoms in total. The Bertz CT molecular complexity index is 1030. The highest BCUT2D eigenvalue weighted by Gasteiger charge is 2.26. The zero-order valence-corrected chi connectivity index (χ0v) is 19.2. The summed E-state index contributed by atoms with van der Waals surface area (Å²) < 4.78 is 12.2. The largest absolute Gasteiger partial charge is 0.497 e. The van der Waals surface area contributed by atoms with Crippen molar-refractivity contribution < 1.29 is 19.1 Å². The Balaban J connectivity index is 1.55. The van der Waals surface area contributed by atoms with Crippen LogP contribution in [0.3, 0.4) is 0 Å². The van der Waals surface area contributed by atoms with Crippen LogP contribution in [-0.2, 0) is 22.7 Å². The van der Waals surface area contributed by atoms with Crippen LogP contribution in [0.25, 0.3) is 5.69 Å². The van der Waals surface area contributed by atoms with Crippen LogP contribution in [0.15, 0.2) is 66.9 Å². The zero-order chi connectivity index (χ0) is 23.6. The average Bonchev–Trinajstić information content (AvgIpc) is 3.34. The molecule has 3 rings (SSSR count). The summed E-state index contributed by atoms with van der Waals surface area (Å²) in [5.74, 6) is 0.426. The van der Waals surface area contributed by atoms with E-state index in [9.17, 15) is 9.59 Å². The zero-order valence-electron chi connectivity index (χ0n) is 19.2. The quantitative estimate of drug-likeness (QED) is 0.489. The van der Waals surface area contributed by atoms with Gasteiger partial charge in [-0.3, -0.25) is 4.79 Å². The Morgan fingerprint density at radius 2 is 1.79 bits per heavy atom. The van der Waals surface area contributed by atoms with E-state index in [2.05, 4.69) is 15.7 Å². The van der Waals surface area contributed by atoms with Gasteiger partial charge in [-0.05, 0) is 41.8 Å². The molecule has 0 radical (unpaired) electrons. The normalized spacial score (nSPS) is 12.5. The third-order valence-corrected chi connectivity index (χ3v) is 5.41. The number of ether oxygens (including phenoxy) is 2. The number of aromatic nitrogens is 2. The standard InChI is InChI=1S/C25H30N4O4/c1-4-18(2)23(27-25(31)33-17-19-8-6-5-7-9-19)24(30)26-16-20-14-15-29(28-20)21-10-12-22(32-3)13-11-21/h5-15,18,23H,4,16-17H2,1-3H3,(H,26,30)(H,27,31)/t18-,23-/m0/s1. The predicted octanol–water partition coefficient (Wildman–Crippen LogP) is 3.84. The first-order valence-corrected chi connectivity index (χ1v) is 10.9. The summed E-state index contributed by atoms with van der Waals surface area (Å²) in [7, 11) is 1.62. The first kappa shape index (κ1) is 23.8. The molecule has 33 heavy (non-hydrogen) atoms. The van der Waals surface area contributed by atoms with Crippen molar-refractivity contribution in [1.29, 1.82) is 0 Å². The van der Waals surface area contributed by atoms with Crippen molar-refractivity contribution in [3.8, 4) is 11.4 Å². The van der Waals surface area contributed by atoms with Gasteiger partial charge < -0.3 is 20.1 Å². The number of hydrogen-bond acceptors (Lipinski definition) is 5. The number of nitrogens with zero attached hydrogens (tertiary/aromatic N) is 2. The third-order valence-electron chi connectivity index (χ3n) is 5.41. The second kappa shape index (κ2) is 11.7. The second-order valence-electron chi connectivity index (χ2n) is 7.74. The predicted molar refractivity (Wildman–Crippen MR) is 125 cm³/mol. The van der Waals surface area contributed by atoms with Crippen LogP contribution < -0.4 is 15.4 Å². The Morgan fingerprint density at radius 1 is 1.06 bits per heavy atom. The Labute approximate surface area is 193 Å². The average molecular weight is 451 g/mol. The van der Waals surface area contributed by atoms with Gasteiger partial charge in [0.25, 0.3) is 0 Å². The first-order chi connectivity index (χ1) is 16.0. The van der Waals surface area contributed by atoms with Gasteiger partial charge in [-0.1, -0.05) is 50.6 Å². The van der Waals surface area contributed by atoms with Crippen molar-refractivity contribution in [3.63, 3.8) is 0 Å². The lowest BCUT2D eigenvalue weighted by Gasteiger charge is -2.23. The number of methoxy groups -OCH3 is 1. The van der Waals surface area contributed by atoms with Gasteiger partial charge in [-0.25, -0.2) is 9.48 Å². The van der Waals surface area contributed by atoms with Crippen LogP contribution in [-0.4, -0.2) is 34.9 Å². The molecule has 8 heteroatoms. The Morgan fingerprint density at radius 3 is 2.45 bits per heavy atom. The fraction of sp³-hybridized carbons (Fsp3) is 0.320. The molecule has 0 aliphatic rings. The molecule has 0 aliphatic heterocycles. The lowest BCUT2D eigenvalue weighted by molar-refractivity contribution is -0.124. The molecule has 2 atom stereocenters. The minimum Gasteiger partial charge on any atom is -0.497 e. The SMILES string of the molecule is CC[C@H](C)[C@H](NC(=O)OCc1ccccc1)C(=O)NCc1ccn(-c2ccc(OC)cc2)n1. The number of alkyl carbamates (subject to hydrolysis) is 1. The van der Waals surface area contributed by atoms with Gasteiger partial charge in [0.05, 0.1) is 25.0 Å². The van der Waals surface area contributed by atoms with Gasteiger partial charge in [0.1, 0.15) is 18.4 Å². The summed E-state index contributed by atoms with van der Waals surface area (Å²) in [4.78, 5) is 25.1. The molecule has 2 N–H and O–H groups in total. The van der Waals surface area contributed by atoms with Crippen molar-refractivity contribution >= 4 is 12.0 Å². The van der Waals surface area contributed by atoms with Crippen molar-refractivity contribution in [3.05, 3.63) is 78.1 Å². The Kier molecular flexibility index (Phi) is 8.46. The molecule has 0 fully saturated rings. The molecule has 2 amide bonds. The van der Waals surface area contributed by atoms with E-state index in [0.29, 0.717) is 5.69 Å². The fourth-order valence-electron chi connectivity index (χ4n) is 3.22. The van der Waals surface area contributed by atoms with E-state index < -0.39 is 12.1 Å². The van der Waals surface area contributed by atoms with E-state index in [1.165, 1.54) is 0 Å². The van der Waals surface area contributed by atoms with Gasteiger partial charge in [0.15, 0.2) is 0 Å². The monoisotopic (exact) mass is 450 g/mol. The van der Waals surface area contributed by atoms with Crippen LogP contribution in [0.2, 0.25) is 0 Å². The number of amides is 2. The molecular weight excluding hydrogens is 420 g/mol. The van der Waals surface area contributed by atoms with E-state index in [1.54, 1.807) is 11.8 Å². The Hall–Kier alpha value is -3.81. The summed E-state index contributed by atoms with van der Waals surface area (Å²) in [6.07, 6.45) is 1.93. The van der Waals surface area contributed by atoms with Crippen LogP contribution in [0.1, 0.15) is 31.5 Å². The van der Waals surface area contributed by atoms with Crippen LogP contribution in [0, 0.1) is 5.92 Å². The van der Waals surface area contributed by atoms with Gasteiger partial charge in [0.2, 0.25) is 5.91 Å². The van der Waals surface area contributed by atoms with Crippen molar-refractivity contribution in [2.24, 2.45) is 5.92 Å². The number of carbonyl (C=O) groups excluding carboxylic acids is 2. The summed E-state index contributed by atoms with van der Waals surface area (Å²) in [5.41, 5.74) is 2.46. The molecule has 0 aliphatic carbocycles. The minimum absolute atomic E-state index is 0.0638. The number of rotatable bonds is 10. The van der Waals surface area contributed by atoms with Gasteiger partial charge >= 0.3 is 6.09 Å². The molecule has 1 aromatic heterocycles. The molecule has 0 saturated carbocycles. The molecular formula is C25H30N4O4. The molecule has 174 valence electrons. The second-order valence-corrected chi connectivity index (χ2v) is 7.74. The van der Waals surface area contributed by atoms with E-state index in [-0.39, 0.29) is 25.0 Å². The van der Waals surface area contributed by atoms with E-state index in [4.69, 9.17) is 9.47 Å². The molecule has 3 aromatic rings. The first-order valence-electron chi connectivity index (χ1n) is 10.9. The lowest BCUT2D eigenvalue weighted by atomic mass is 9.98. The molecule has 0 spiro atoms. The fourth-order valence-corrected chi connectivity index (χ4v) is 3.22. The molecule has 1 heterocycles. The molecule has 0 unspecified atom stereocenters. The van der Waals surface area contributed by atoms with Gasteiger partial charge in [-0.15, -0.1) is 0 Å². The molecule has 2 aromatic carbocycles. The summed E-state index contributed by atoms with van der Waals surface area (Å²) in [6, 6.07) is 18.0. The van der Waals surface area contributed by atoms with E-state index >= 15 is 0 Å². The van der Waals surface area contributed by atoms with Gasteiger partial charge in [-0.2, -0.15) is 5.10 Å². The third kappa shape index (κ3) is 6.83. The summed E-state index contributed by atoms with van der Waals surface area (Å²) in [5, 5.41) is 10.1. The van der Waals surface area contributed by atoms with Crippen molar-refractivity contribution in [2.75, 3.05) is 7.11 Å². The topological polar surface area (TPSA) is 94.5 Å². The van der Waals surface area contributed by atoms with E-state index in [0.717, 1.165) is 23.4 Å². The number of carbonyl (C=O) groups is 2. The highest BCUT2D eigenvalue weighted by Crippen LogP contribution is 2.15. The van der Waals surface area contributed by atoms with Gasteiger partial charge in [0, 0.05) is 6.20 Å². The maximum atomic E-state index is 12.8. The highest BCUT2D eigenvalue weighted by atomic mass is 16.5. The number of benzene rings is 2. The van der Waals surface area contributed by atoms with Crippen LogP contribution in [0.4, 0.5) is 4.79 Å². The van der Waals surface area contributed by atoms with E-state index in [1.807, 2.05) is 80.7 Å². The lowest BCUT2D eigenvalue weighted by Crippen LogP contribution is -2.50. The molecule has 0 bridgehead atoms. The maximum absolute atomic E-state index is 12.8.